The number of benzene rings is 2. The number of fused-ring (bicyclic) bond motifs is 1. The third-order valence-electron chi connectivity index (χ3n) is 5.89. The summed E-state index contributed by atoms with van der Waals surface area (Å²) >= 11 is 12.7. The van der Waals surface area contributed by atoms with Crippen molar-refractivity contribution in [2.75, 3.05) is 27.3 Å². The van der Waals surface area contributed by atoms with Gasteiger partial charge in [0.15, 0.2) is 22.5 Å². The van der Waals surface area contributed by atoms with Crippen molar-refractivity contribution in [1.82, 2.24) is 9.88 Å². The van der Waals surface area contributed by atoms with Crippen LogP contribution in [0.25, 0.3) is 23.2 Å². The number of methoxy groups -OCH3 is 2. The van der Waals surface area contributed by atoms with Crippen LogP contribution in [0.2, 0.25) is 10.0 Å². The maximum atomic E-state index is 11.8. The van der Waals surface area contributed by atoms with Gasteiger partial charge in [0.05, 0.1) is 37.9 Å². The van der Waals surface area contributed by atoms with Crippen LogP contribution in [0, 0.1) is 0 Å². The fourth-order valence-electron chi connectivity index (χ4n) is 4.12. The zero-order valence-corrected chi connectivity index (χ0v) is 22.0. The SMILES string of the molecule is COc1cccc(/C=C/c2n(CCCCCC(=O)NCCN)c3cc(Cl)c(Cl)cc3[n+]2C)c1OC. The summed E-state index contributed by atoms with van der Waals surface area (Å²) in [5.41, 5.74) is 8.33. The van der Waals surface area contributed by atoms with Crippen LogP contribution in [0.3, 0.4) is 0 Å². The molecule has 0 spiro atoms. The first-order chi connectivity index (χ1) is 16.9. The number of hydrogen-bond acceptors (Lipinski definition) is 4. The molecule has 0 saturated heterocycles. The number of carbonyl (C=O) groups excluding carboxylic acids is 1. The Balaban J connectivity index is 1.87. The van der Waals surface area contributed by atoms with E-state index in [9.17, 15) is 4.79 Å². The van der Waals surface area contributed by atoms with Gasteiger partial charge in [-0.25, -0.2) is 9.13 Å². The molecule has 0 radical (unpaired) electrons. The van der Waals surface area contributed by atoms with E-state index in [2.05, 4.69) is 20.5 Å². The van der Waals surface area contributed by atoms with Crippen LogP contribution in [-0.2, 0) is 18.4 Å². The molecule has 3 aromatic rings. The maximum absolute atomic E-state index is 11.8. The Morgan fingerprint density at radius 1 is 1.11 bits per heavy atom. The molecule has 0 fully saturated rings. The van der Waals surface area contributed by atoms with Crippen LogP contribution >= 0.6 is 23.2 Å². The number of nitrogens with zero attached hydrogens (tertiary/aromatic N) is 2. The molecular formula is C26H33Cl2N4O3+. The molecule has 0 aliphatic carbocycles. The Morgan fingerprint density at radius 2 is 1.89 bits per heavy atom. The molecule has 1 heterocycles. The lowest BCUT2D eigenvalue weighted by molar-refractivity contribution is -0.647. The van der Waals surface area contributed by atoms with Crippen molar-refractivity contribution in [2.24, 2.45) is 12.8 Å². The standard InChI is InChI=1S/C26H32Cl2N4O3/c1-31-21-16-19(27)20(28)17-22(21)32(15-6-4-5-10-24(33)30-14-13-29)25(31)12-11-18-8-7-9-23(34-2)26(18)35-3/h7-9,11-12,16-17H,4-6,10,13-15,29H2,1-3H3/p+1/b12-11+. The normalized spacial score (nSPS) is 11.4. The highest BCUT2D eigenvalue weighted by Crippen LogP contribution is 2.32. The second-order valence-electron chi connectivity index (χ2n) is 8.19. The van der Waals surface area contributed by atoms with Crippen molar-refractivity contribution in [1.29, 1.82) is 0 Å². The molecule has 0 atom stereocenters. The maximum Gasteiger partial charge on any atom is 0.282 e. The van der Waals surface area contributed by atoms with E-state index in [1.807, 2.05) is 43.5 Å². The van der Waals surface area contributed by atoms with Crippen molar-refractivity contribution < 1.29 is 18.8 Å². The van der Waals surface area contributed by atoms with Crippen LogP contribution < -0.4 is 25.1 Å². The second-order valence-corrected chi connectivity index (χ2v) is 9.00. The number of rotatable bonds is 12. The summed E-state index contributed by atoms with van der Waals surface area (Å²) in [6.07, 6.45) is 7.23. The molecule has 1 aromatic heterocycles. The minimum atomic E-state index is 0.0468. The minimum absolute atomic E-state index is 0.0468. The average molecular weight is 520 g/mol. The number of ether oxygens (including phenoxy) is 2. The molecule has 7 nitrogen and oxygen atoms in total. The fraction of sp³-hybridized carbons (Fsp3) is 0.385. The third-order valence-corrected chi connectivity index (χ3v) is 6.61. The fourth-order valence-corrected chi connectivity index (χ4v) is 4.43. The Morgan fingerprint density at radius 3 is 2.60 bits per heavy atom. The first-order valence-corrected chi connectivity index (χ1v) is 12.4. The van der Waals surface area contributed by atoms with Crippen molar-refractivity contribution in [3.8, 4) is 11.5 Å². The van der Waals surface area contributed by atoms with E-state index >= 15 is 0 Å². The summed E-state index contributed by atoms with van der Waals surface area (Å²) in [4.78, 5) is 11.8. The van der Waals surface area contributed by atoms with Crippen molar-refractivity contribution in [2.45, 2.75) is 32.2 Å². The van der Waals surface area contributed by atoms with Crippen molar-refractivity contribution >= 4 is 52.3 Å². The van der Waals surface area contributed by atoms with Gasteiger partial charge in [-0.15, -0.1) is 0 Å². The second kappa shape index (κ2) is 12.8. The number of hydrogen-bond donors (Lipinski definition) is 2. The van der Waals surface area contributed by atoms with E-state index in [-0.39, 0.29) is 5.91 Å². The lowest BCUT2D eigenvalue weighted by Crippen LogP contribution is -2.31. The number of para-hydroxylation sites is 1. The van der Waals surface area contributed by atoms with E-state index < -0.39 is 0 Å². The first kappa shape index (κ1) is 26.9. The van der Waals surface area contributed by atoms with E-state index in [1.165, 1.54) is 0 Å². The minimum Gasteiger partial charge on any atom is -0.493 e. The largest absolute Gasteiger partial charge is 0.493 e. The van der Waals surface area contributed by atoms with Gasteiger partial charge in [0.2, 0.25) is 5.91 Å². The van der Waals surface area contributed by atoms with Crippen LogP contribution in [0.1, 0.15) is 37.1 Å². The number of unbranched alkanes of at least 4 members (excludes halogenated alkanes) is 2. The zero-order valence-electron chi connectivity index (χ0n) is 20.4. The Kier molecular flexibility index (Phi) is 9.83. The first-order valence-electron chi connectivity index (χ1n) is 11.6. The van der Waals surface area contributed by atoms with Gasteiger partial charge in [0.1, 0.15) is 0 Å². The van der Waals surface area contributed by atoms with Gasteiger partial charge in [0, 0.05) is 43.3 Å². The number of halogens is 2. The number of aromatic nitrogens is 2. The summed E-state index contributed by atoms with van der Waals surface area (Å²) in [6.45, 7) is 1.74. The third kappa shape index (κ3) is 6.48. The number of imidazole rings is 1. The summed E-state index contributed by atoms with van der Waals surface area (Å²) in [5.74, 6) is 2.39. The van der Waals surface area contributed by atoms with Gasteiger partial charge < -0.3 is 20.5 Å². The number of nitrogens with one attached hydrogen (secondary N) is 1. The van der Waals surface area contributed by atoms with Gasteiger partial charge in [-0.2, -0.15) is 0 Å². The number of carbonyl (C=O) groups is 1. The molecule has 9 heteroatoms. The Labute approximate surface area is 216 Å². The summed E-state index contributed by atoms with van der Waals surface area (Å²) in [7, 11) is 5.26. The number of amides is 1. The predicted molar refractivity (Wildman–Crippen MR) is 142 cm³/mol. The van der Waals surface area contributed by atoms with E-state index in [0.717, 1.165) is 48.2 Å². The van der Waals surface area contributed by atoms with Crippen LogP contribution in [0.4, 0.5) is 0 Å². The molecule has 3 N–H and O–H groups in total. The number of nitrogens with two attached hydrogens (primary N) is 1. The van der Waals surface area contributed by atoms with Gasteiger partial charge in [-0.05, 0) is 31.4 Å². The monoisotopic (exact) mass is 519 g/mol. The molecule has 0 bridgehead atoms. The number of aryl methyl sites for hydroxylation is 2. The predicted octanol–water partition coefficient (Wildman–Crippen LogP) is 4.60. The van der Waals surface area contributed by atoms with Gasteiger partial charge in [-0.1, -0.05) is 35.3 Å². The smallest absolute Gasteiger partial charge is 0.282 e. The summed E-state index contributed by atoms with van der Waals surface area (Å²) in [5, 5.41) is 3.84. The average Bonchev–Trinajstić information content (AvgIpc) is 3.10. The van der Waals surface area contributed by atoms with Crippen molar-refractivity contribution in [3.05, 3.63) is 51.8 Å². The highest BCUT2D eigenvalue weighted by atomic mass is 35.5. The molecule has 2 aromatic carbocycles. The van der Waals surface area contributed by atoms with Crippen molar-refractivity contribution in [3.63, 3.8) is 0 Å². The Hall–Kier alpha value is -2.74. The van der Waals surface area contributed by atoms with E-state index in [0.29, 0.717) is 41.1 Å². The molecule has 188 valence electrons. The van der Waals surface area contributed by atoms with E-state index in [1.54, 1.807) is 14.2 Å². The topological polar surface area (TPSA) is 82.4 Å². The highest BCUT2D eigenvalue weighted by Gasteiger charge is 2.22. The molecule has 0 aliphatic rings. The van der Waals surface area contributed by atoms with Gasteiger partial charge in [0.25, 0.3) is 5.82 Å². The zero-order chi connectivity index (χ0) is 25.4. The Bertz CT molecular complexity index is 1210. The lowest BCUT2D eigenvalue weighted by Gasteiger charge is -2.09. The summed E-state index contributed by atoms with van der Waals surface area (Å²) < 4.78 is 15.3. The van der Waals surface area contributed by atoms with Crippen LogP contribution in [0.5, 0.6) is 11.5 Å². The van der Waals surface area contributed by atoms with E-state index in [4.69, 9.17) is 38.4 Å². The molecule has 0 unspecified atom stereocenters. The molecule has 3 rings (SSSR count). The van der Waals surface area contributed by atoms with Gasteiger partial charge >= 0.3 is 0 Å². The molecule has 0 saturated carbocycles. The van der Waals surface area contributed by atoms with Crippen LogP contribution in [-0.4, -0.2) is 37.8 Å². The molecule has 1 amide bonds. The van der Waals surface area contributed by atoms with Crippen LogP contribution in [0.15, 0.2) is 30.3 Å². The van der Waals surface area contributed by atoms with Gasteiger partial charge in [-0.3, -0.25) is 4.79 Å². The lowest BCUT2D eigenvalue weighted by atomic mass is 10.1. The quantitative estimate of drug-likeness (QED) is 0.270. The molecule has 35 heavy (non-hydrogen) atoms. The molecule has 0 aliphatic heterocycles. The summed E-state index contributed by atoms with van der Waals surface area (Å²) in [6, 6.07) is 9.57. The molecular weight excluding hydrogens is 487 g/mol. The highest BCUT2D eigenvalue weighted by molar-refractivity contribution is 6.42.